The van der Waals surface area contributed by atoms with Gasteiger partial charge in [-0.25, -0.2) is 0 Å². The quantitative estimate of drug-likeness (QED) is 0.784. The fourth-order valence-electron chi connectivity index (χ4n) is 1.24. The molecule has 0 radical (unpaired) electrons. The molecule has 1 aromatic rings. The second-order valence-corrected chi connectivity index (χ2v) is 4.44. The highest BCUT2D eigenvalue weighted by molar-refractivity contribution is 7.08. The molecule has 3 N–H and O–H groups in total. The van der Waals surface area contributed by atoms with Gasteiger partial charge in [-0.2, -0.15) is 11.3 Å². The molecule has 13 heavy (non-hydrogen) atoms. The standard InChI is InChI=1S/C10H17NOS/c1-4-10(3,12)9(11)8-6-13-5-7(8)2/h5-6,9,12H,4,11H2,1-3H3. The molecule has 1 rings (SSSR count). The molecule has 0 fully saturated rings. The van der Waals surface area contributed by atoms with Crippen LogP contribution in [-0.4, -0.2) is 10.7 Å². The zero-order valence-corrected chi connectivity index (χ0v) is 9.19. The lowest BCUT2D eigenvalue weighted by atomic mass is 9.89. The zero-order chi connectivity index (χ0) is 10.1. The molecule has 2 nitrogen and oxygen atoms in total. The third kappa shape index (κ3) is 2.10. The first-order valence-corrected chi connectivity index (χ1v) is 5.44. The predicted molar refractivity (Wildman–Crippen MR) is 56.9 cm³/mol. The van der Waals surface area contributed by atoms with E-state index in [4.69, 9.17) is 5.73 Å². The first-order chi connectivity index (χ1) is 5.99. The van der Waals surface area contributed by atoms with Crippen LogP contribution in [0.4, 0.5) is 0 Å². The van der Waals surface area contributed by atoms with Crippen molar-refractivity contribution in [1.29, 1.82) is 0 Å². The van der Waals surface area contributed by atoms with Crippen LogP contribution < -0.4 is 5.73 Å². The molecule has 74 valence electrons. The van der Waals surface area contributed by atoms with Crippen molar-refractivity contribution < 1.29 is 5.11 Å². The van der Waals surface area contributed by atoms with Crippen LogP contribution in [0.15, 0.2) is 10.8 Å². The van der Waals surface area contributed by atoms with E-state index < -0.39 is 5.60 Å². The normalized spacial score (nSPS) is 18.2. The lowest BCUT2D eigenvalue weighted by Gasteiger charge is -2.29. The Bertz CT molecular complexity index is 280. The van der Waals surface area contributed by atoms with Gasteiger partial charge in [-0.05, 0) is 42.2 Å². The van der Waals surface area contributed by atoms with Gasteiger partial charge < -0.3 is 10.8 Å². The van der Waals surface area contributed by atoms with Crippen LogP contribution in [0.3, 0.4) is 0 Å². The predicted octanol–water partition coefficient (Wildman–Crippen LogP) is 2.22. The molecule has 2 atom stereocenters. The van der Waals surface area contributed by atoms with Crippen LogP contribution in [0.2, 0.25) is 0 Å². The van der Waals surface area contributed by atoms with Crippen molar-refractivity contribution in [1.82, 2.24) is 0 Å². The summed E-state index contributed by atoms with van der Waals surface area (Å²) in [7, 11) is 0. The number of nitrogens with two attached hydrogens (primary N) is 1. The van der Waals surface area contributed by atoms with Gasteiger partial charge in [0, 0.05) is 0 Å². The molecule has 1 aromatic heterocycles. The highest BCUT2D eigenvalue weighted by Crippen LogP contribution is 2.30. The van der Waals surface area contributed by atoms with Crippen molar-refractivity contribution in [3.8, 4) is 0 Å². The third-order valence-corrected chi connectivity index (χ3v) is 3.50. The summed E-state index contributed by atoms with van der Waals surface area (Å²) >= 11 is 1.63. The summed E-state index contributed by atoms with van der Waals surface area (Å²) in [6, 6.07) is -0.274. The van der Waals surface area contributed by atoms with E-state index in [2.05, 4.69) is 5.38 Å². The van der Waals surface area contributed by atoms with Gasteiger partial charge in [0.15, 0.2) is 0 Å². The van der Waals surface area contributed by atoms with E-state index in [9.17, 15) is 5.11 Å². The molecule has 0 spiro atoms. The Morgan fingerprint density at radius 3 is 2.62 bits per heavy atom. The maximum Gasteiger partial charge on any atom is 0.0809 e. The van der Waals surface area contributed by atoms with E-state index in [1.54, 1.807) is 18.3 Å². The average molecular weight is 199 g/mol. The largest absolute Gasteiger partial charge is 0.388 e. The van der Waals surface area contributed by atoms with Gasteiger partial charge in [-0.15, -0.1) is 0 Å². The van der Waals surface area contributed by atoms with Crippen molar-refractivity contribution in [2.45, 2.75) is 38.8 Å². The van der Waals surface area contributed by atoms with Gasteiger partial charge in [0.2, 0.25) is 0 Å². The number of rotatable bonds is 3. The minimum absolute atomic E-state index is 0.274. The zero-order valence-electron chi connectivity index (χ0n) is 8.37. The number of aliphatic hydroxyl groups is 1. The topological polar surface area (TPSA) is 46.2 Å². The molecule has 0 aliphatic heterocycles. The summed E-state index contributed by atoms with van der Waals surface area (Å²) in [6.07, 6.45) is 0.670. The molecule has 0 amide bonds. The molecular formula is C10H17NOS. The second kappa shape index (κ2) is 3.78. The van der Waals surface area contributed by atoms with Crippen LogP contribution in [0.5, 0.6) is 0 Å². The Hall–Kier alpha value is -0.380. The summed E-state index contributed by atoms with van der Waals surface area (Å²) in [4.78, 5) is 0. The number of hydrogen-bond donors (Lipinski definition) is 2. The molecular weight excluding hydrogens is 182 g/mol. The van der Waals surface area contributed by atoms with E-state index in [0.717, 1.165) is 5.56 Å². The van der Waals surface area contributed by atoms with Gasteiger partial charge in [0.25, 0.3) is 0 Å². The Kier molecular flexibility index (Phi) is 3.11. The molecule has 0 saturated heterocycles. The molecule has 0 saturated carbocycles. The second-order valence-electron chi connectivity index (χ2n) is 3.70. The monoisotopic (exact) mass is 199 g/mol. The highest BCUT2D eigenvalue weighted by atomic mass is 32.1. The lowest BCUT2D eigenvalue weighted by molar-refractivity contribution is 0.0283. The van der Waals surface area contributed by atoms with Gasteiger partial charge >= 0.3 is 0 Å². The van der Waals surface area contributed by atoms with Crippen molar-refractivity contribution in [2.75, 3.05) is 0 Å². The fourth-order valence-corrected chi connectivity index (χ4v) is 2.13. The van der Waals surface area contributed by atoms with Gasteiger partial charge in [-0.3, -0.25) is 0 Å². The summed E-state index contributed by atoms with van der Waals surface area (Å²) in [5.74, 6) is 0. The van der Waals surface area contributed by atoms with Crippen LogP contribution in [0.1, 0.15) is 37.4 Å². The van der Waals surface area contributed by atoms with Crippen molar-refractivity contribution in [2.24, 2.45) is 5.73 Å². The SMILES string of the molecule is CCC(C)(O)C(N)c1cscc1C. The maximum atomic E-state index is 9.97. The van der Waals surface area contributed by atoms with Crippen LogP contribution in [-0.2, 0) is 0 Å². The van der Waals surface area contributed by atoms with Crippen molar-refractivity contribution in [3.63, 3.8) is 0 Å². The Morgan fingerprint density at radius 1 is 1.62 bits per heavy atom. The number of thiophene rings is 1. The summed E-state index contributed by atoms with van der Waals surface area (Å²) < 4.78 is 0. The average Bonchev–Trinajstić information content (AvgIpc) is 2.50. The molecule has 0 aliphatic carbocycles. The van der Waals surface area contributed by atoms with Gasteiger partial charge in [0.05, 0.1) is 11.6 Å². The van der Waals surface area contributed by atoms with Crippen molar-refractivity contribution in [3.05, 3.63) is 21.9 Å². The fraction of sp³-hybridized carbons (Fsp3) is 0.600. The van der Waals surface area contributed by atoms with E-state index in [0.29, 0.717) is 6.42 Å². The van der Waals surface area contributed by atoms with E-state index in [1.165, 1.54) is 5.56 Å². The summed E-state index contributed by atoms with van der Waals surface area (Å²) in [5.41, 5.74) is 7.42. The molecule has 1 heterocycles. The van der Waals surface area contributed by atoms with Crippen LogP contribution in [0, 0.1) is 6.92 Å². The molecule has 0 aromatic carbocycles. The minimum Gasteiger partial charge on any atom is -0.388 e. The maximum absolute atomic E-state index is 9.97. The van der Waals surface area contributed by atoms with Gasteiger partial charge in [-0.1, -0.05) is 6.92 Å². The molecule has 2 unspecified atom stereocenters. The molecule has 0 aliphatic rings. The smallest absolute Gasteiger partial charge is 0.0809 e. The first kappa shape index (κ1) is 10.7. The Morgan fingerprint density at radius 2 is 2.23 bits per heavy atom. The summed E-state index contributed by atoms with van der Waals surface area (Å²) in [5, 5.41) is 14.0. The lowest BCUT2D eigenvalue weighted by Crippen LogP contribution is -2.37. The van der Waals surface area contributed by atoms with E-state index in [-0.39, 0.29) is 6.04 Å². The number of aryl methyl sites for hydroxylation is 1. The first-order valence-electron chi connectivity index (χ1n) is 4.49. The van der Waals surface area contributed by atoms with Crippen molar-refractivity contribution >= 4 is 11.3 Å². The van der Waals surface area contributed by atoms with E-state index >= 15 is 0 Å². The number of hydrogen-bond acceptors (Lipinski definition) is 3. The highest BCUT2D eigenvalue weighted by Gasteiger charge is 2.29. The van der Waals surface area contributed by atoms with Crippen LogP contribution in [0.25, 0.3) is 0 Å². The Labute approximate surface area is 83.4 Å². The van der Waals surface area contributed by atoms with Crippen LogP contribution >= 0.6 is 11.3 Å². The summed E-state index contributed by atoms with van der Waals surface area (Å²) in [6.45, 7) is 5.76. The van der Waals surface area contributed by atoms with Gasteiger partial charge in [0.1, 0.15) is 0 Å². The molecule has 3 heteroatoms. The Balaban J connectivity index is 2.91. The minimum atomic E-state index is -0.800. The van der Waals surface area contributed by atoms with E-state index in [1.807, 2.05) is 19.2 Å². The molecule has 0 bridgehead atoms. The third-order valence-electron chi connectivity index (χ3n) is 2.62.